The molecule has 3 heteroatoms. The molecule has 0 aromatic heterocycles. The Balaban J connectivity index is 2.43. The molecule has 1 nitrogen and oxygen atoms in total. The summed E-state index contributed by atoms with van der Waals surface area (Å²) in [5.74, 6) is 1.01. The second-order valence-corrected chi connectivity index (χ2v) is 7.78. The van der Waals surface area contributed by atoms with Crippen LogP contribution in [0.2, 0.25) is 0 Å². The molecule has 16 heavy (non-hydrogen) atoms. The molecule has 0 aliphatic rings. The SMILES string of the molecule is CC(C)(C)SCC(N)Cc1cccc(Br)c1. The van der Waals surface area contributed by atoms with E-state index in [1.807, 2.05) is 17.8 Å². The van der Waals surface area contributed by atoms with Crippen LogP contribution in [0.4, 0.5) is 0 Å². The van der Waals surface area contributed by atoms with Crippen molar-refractivity contribution >= 4 is 27.7 Å². The van der Waals surface area contributed by atoms with E-state index in [1.165, 1.54) is 5.56 Å². The van der Waals surface area contributed by atoms with Gasteiger partial charge in [-0.15, -0.1) is 0 Å². The van der Waals surface area contributed by atoms with Gasteiger partial charge in [-0.05, 0) is 24.1 Å². The number of thioether (sulfide) groups is 1. The summed E-state index contributed by atoms with van der Waals surface area (Å²) in [6.45, 7) is 6.68. The summed E-state index contributed by atoms with van der Waals surface area (Å²) in [5, 5.41) is 0. The molecular weight excluding hydrogens is 282 g/mol. The topological polar surface area (TPSA) is 26.0 Å². The molecule has 1 aromatic carbocycles. The van der Waals surface area contributed by atoms with Crippen molar-refractivity contribution in [3.8, 4) is 0 Å². The van der Waals surface area contributed by atoms with E-state index in [2.05, 4.69) is 54.9 Å². The fourth-order valence-corrected chi connectivity index (χ4v) is 2.66. The fourth-order valence-electron chi connectivity index (χ4n) is 1.38. The molecule has 0 heterocycles. The predicted molar refractivity (Wildman–Crippen MR) is 78.0 cm³/mol. The van der Waals surface area contributed by atoms with Gasteiger partial charge in [-0.2, -0.15) is 11.8 Å². The van der Waals surface area contributed by atoms with Crippen molar-refractivity contribution in [3.63, 3.8) is 0 Å². The van der Waals surface area contributed by atoms with Crippen molar-refractivity contribution in [3.05, 3.63) is 34.3 Å². The van der Waals surface area contributed by atoms with Crippen LogP contribution in [0.1, 0.15) is 26.3 Å². The predicted octanol–water partition coefficient (Wildman–Crippen LogP) is 3.85. The fraction of sp³-hybridized carbons (Fsp3) is 0.538. The summed E-state index contributed by atoms with van der Waals surface area (Å²) in [7, 11) is 0. The first kappa shape index (κ1) is 14.1. The zero-order chi connectivity index (χ0) is 12.2. The van der Waals surface area contributed by atoms with Gasteiger partial charge in [-0.3, -0.25) is 0 Å². The van der Waals surface area contributed by atoms with Crippen LogP contribution in [0.3, 0.4) is 0 Å². The van der Waals surface area contributed by atoms with Crippen molar-refractivity contribution < 1.29 is 0 Å². The van der Waals surface area contributed by atoms with E-state index in [1.54, 1.807) is 0 Å². The molecule has 1 unspecified atom stereocenters. The Morgan fingerprint density at radius 1 is 1.38 bits per heavy atom. The number of nitrogens with two attached hydrogens (primary N) is 1. The van der Waals surface area contributed by atoms with Gasteiger partial charge in [0.15, 0.2) is 0 Å². The van der Waals surface area contributed by atoms with E-state index in [4.69, 9.17) is 5.73 Å². The van der Waals surface area contributed by atoms with Crippen molar-refractivity contribution in [2.24, 2.45) is 5.73 Å². The largest absolute Gasteiger partial charge is 0.327 e. The number of benzene rings is 1. The molecule has 0 aliphatic heterocycles. The molecule has 0 fully saturated rings. The van der Waals surface area contributed by atoms with E-state index >= 15 is 0 Å². The van der Waals surface area contributed by atoms with Gasteiger partial charge in [-0.1, -0.05) is 48.8 Å². The minimum atomic E-state index is 0.235. The summed E-state index contributed by atoms with van der Waals surface area (Å²) in [6.07, 6.45) is 0.947. The van der Waals surface area contributed by atoms with Crippen LogP contribution in [0.5, 0.6) is 0 Å². The van der Waals surface area contributed by atoms with Crippen LogP contribution in [0.15, 0.2) is 28.7 Å². The molecule has 0 amide bonds. The Labute approximate surface area is 111 Å². The Kier molecular flexibility index (Phi) is 5.35. The second kappa shape index (κ2) is 6.08. The second-order valence-electron chi connectivity index (χ2n) is 5.02. The molecule has 1 rings (SSSR count). The van der Waals surface area contributed by atoms with Crippen molar-refractivity contribution in [1.29, 1.82) is 0 Å². The van der Waals surface area contributed by atoms with Crippen molar-refractivity contribution in [2.75, 3.05) is 5.75 Å². The average molecular weight is 302 g/mol. The van der Waals surface area contributed by atoms with Gasteiger partial charge in [0.2, 0.25) is 0 Å². The minimum absolute atomic E-state index is 0.235. The lowest BCUT2D eigenvalue weighted by atomic mass is 10.1. The molecule has 90 valence electrons. The van der Waals surface area contributed by atoms with Gasteiger partial charge in [0.25, 0.3) is 0 Å². The van der Waals surface area contributed by atoms with E-state index < -0.39 is 0 Å². The molecular formula is C13H20BrNS. The number of hydrogen-bond donors (Lipinski definition) is 1. The maximum Gasteiger partial charge on any atom is 0.0178 e. The highest BCUT2D eigenvalue weighted by molar-refractivity contribution is 9.10. The summed E-state index contributed by atoms with van der Waals surface area (Å²) < 4.78 is 1.43. The molecule has 0 saturated heterocycles. The lowest BCUT2D eigenvalue weighted by molar-refractivity contribution is 0.734. The maximum absolute atomic E-state index is 6.13. The Bertz CT molecular complexity index is 333. The Hall–Kier alpha value is 0.01000. The van der Waals surface area contributed by atoms with E-state index in [0.29, 0.717) is 4.75 Å². The first-order valence-electron chi connectivity index (χ1n) is 5.51. The normalized spacial score (nSPS) is 13.8. The zero-order valence-electron chi connectivity index (χ0n) is 10.2. The van der Waals surface area contributed by atoms with Crippen LogP contribution >= 0.6 is 27.7 Å². The molecule has 2 N–H and O–H groups in total. The average Bonchev–Trinajstić information content (AvgIpc) is 2.14. The highest BCUT2D eigenvalue weighted by atomic mass is 79.9. The van der Waals surface area contributed by atoms with E-state index in [9.17, 15) is 0 Å². The monoisotopic (exact) mass is 301 g/mol. The van der Waals surface area contributed by atoms with E-state index in [-0.39, 0.29) is 6.04 Å². The van der Waals surface area contributed by atoms with E-state index in [0.717, 1.165) is 16.6 Å². The maximum atomic E-state index is 6.13. The standard InChI is InChI=1S/C13H20BrNS/c1-13(2,3)16-9-12(15)8-10-5-4-6-11(14)7-10/h4-7,12H,8-9,15H2,1-3H3. The van der Waals surface area contributed by atoms with Crippen LogP contribution in [-0.4, -0.2) is 16.5 Å². The lowest BCUT2D eigenvalue weighted by Gasteiger charge is -2.20. The molecule has 0 spiro atoms. The molecule has 0 aliphatic carbocycles. The van der Waals surface area contributed by atoms with Crippen LogP contribution in [0, 0.1) is 0 Å². The third-order valence-corrected chi connectivity index (χ3v) is 4.07. The molecule has 1 aromatic rings. The van der Waals surface area contributed by atoms with Gasteiger partial charge in [0.05, 0.1) is 0 Å². The van der Waals surface area contributed by atoms with Gasteiger partial charge >= 0.3 is 0 Å². The van der Waals surface area contributed by atoms with Gasteiger partial charge < -0.3 is 5.73 Å². The molecule has 0 saturated carbocycles. The zero-order valence-corrected chi connectivity index (χ0v) is 12.6. The van der Waals surface area contributed by atoms with Gasteiger partial charge in [0.1, 0.15) is 0 Å². The van der Waals surface area contributed by atoms with Crippen molar-refractivity contribution in [2.45, 2.75) is 38.0 Å². The third-order valence-electron chi connectivity index (χ3n) is 2.12. The number of halogens is 1. The van der Waals surface area contributed by atoms with Gasteiger partial charge in [0, 0.05) is 21.0 Å². The number of hydrogen-bond acceptors (Lipinski definition) is 2. The van der Waals surface area contributed by atoms with Gasteiger partial charge in [-0.25, -0.2) is 0 Å². The quantitative estimate of drug-likeness (QED) is 0.914. The third kappa shape index (κ3) is 5.92. The highest BCUT2D eigenvalue weighted by Gasteiger charge is 2.13. The molecule has 0 radical (unpaired) electrons. The van der Waals surface area contributed by atoms with Crippen LogP contribution in [0.25, 0.3) is 0 Å². The Morgan fingerprint density at radius 2 is 2.06 bits per heavy atom. The Morgan fingerprint density at radius 3 is 2.62 bits per heavy atom. The summed E-state index contributed by atoms with van der Waals surface area (Å²) in [5.41, 5.74) is 7.43. The van der Waals surface area contributed by atoms with Crippen LogP contribution < -0.4 is 5.73 Å². The highest BCUT2D eigenvalue weighted by Crippen LogP contribution is 2.24. The molecule has 0 bridgehead atoms. The van der Waals surface area contributed by atoms with Crippen LogP contribution in [-0.2, 0) is 6.42 Å². The first-order chi connectivity index (χ1) is 7.37. The minimum Gasteiger partial charge on any atom is -0.327 e. The van der Waals surface area contributed by atoms with Crippen molar-refractivity contribution in [1.82, 2.24) is 0 Å². The summed E-state index contributed by atoms with van der Waals surface area (Å²) in [6, 6.07) is 8.61. The summed E-state index contributed by atoms with van der Waals surface area (Å²) >= 11 is 5.41. The molecule has 1 atom stereocenters. The summed E-state index contributed by atoms with van der Waals surface area (Å²) in [4.78, 5) is 0. The lowest BCUT2D eigenvalue weighted by Crippen LogP contribution is -2.27. The first-order valence-corrected chi connectivity index (χ1v) is 7.29. The number of rotatable bonds is 4. The smallest absolute Gasteiger partial charge is 0.0178 e.